The van der Waals surface area contributed by atoms with Gasteiger partial charge in [0.2, 0.25) is 5.91 Å². The number of benzene rings is 1. The highest BCUT2D eigenvalue weighted by atomic mass is 16.1. The van der Waals surface area contributed by atoms with Crippen LogP contribution >= 0.6 is 0 Å². The van der Waals surface area contributed by atoms with Gasteiger partial charge in [0.25, 0.3) is 0 Å². The number of allylic oxidation sites excluding steroid dienone is 5. The number of nitrogens with one attached hydrogen (secondary N) is 1. The van der Waals surface area contributed by atoms with Crippen LogP contribution in [0.25, 0.3) is 0 Å². The number of rotatable bonds is 8. The van der Waals surface area contributed by atoms with Crippen molar-refractivity contribution in [2.75, 3.05) is 25.5 Å². The largest absolute Gasteiger partial charge is 0.326 e. The van der Waals surface area contributed by atoms with Crippen LogP contribution in [0.1, 0.15) is 50.5 Å². The molecule has 3 heteroatoms. The number of anilines is 1. The molecule has 3 nitrogen and oxygen atoms in total. The zero-order valence-electron chi connectivity index (χ0n) is 16.2. The summed E-state index contributed by atoms with van der Waals surface area (Å²) >= 11 is 0. The van der Waals surface area contributed by atoms with Crippen molar-refractivity contribution >= 4 is 11.6 Å². The first-order chi connectivity index (χ1) is 12.6. The summed E-state index contributed by atoms with van der Waals surface area (Å²) in [6.07, 6.45) is 12.5. The first-order valence-corrected chi connectivity index (χ1v) is 9.69. The summed E-state index contributed by atoms with van der Waals surface area (Å²) in [5.41, 5.74) is 3.33. The Kier molecular flexibility index (Phi) is 8.36. The highest BCUT2D eigenvalue weighted by Crippen LogP contribution is 2.29. The van der Waals surface area contributed by atoms with Gasteiger partial charge in [0.1, 0.15) is 0 Å². The van der Waals surface area contributed by atoms with Crippen LogP contribution in [0.4, 0.5) is 5.69 Å². The van der Waals surface area contributed by atoms with E-state index in [2.05, 4.69) is 49.0 Å². The molecule has 0 aliphatic carbocycles. The van der Waals surface area contributed by atoms with Crippen LogP contribution in [-0.2, 0) is 4.79 Å². The Morgan fingerprint density at radius 1 is 1.31 bits per heavy atom. The minimum Gasteiger partial charge on any atom is -0.326 e. The van der Waals surface area contributed by atoms with Crippen LogP contribution in [0.15, 0.2) is 60.7 Å². The molecule has 0 radical (unpaired) electrons. The average Bonchev–Trinajstić information content (AvgIpc) is 2.65. The van der Waals surface area contributed by atoms with Gasteiger partial charge in [-0.3, -0.25) is 4.79 Å². The van der Waals surface area contributed by atoms with E-state index < -0.39 is 0 Å². The Bertz CT molecular complexity index is 652. The third-order valence-electron chi connectivity index (χ3n) is 4.95. The predicted molar refractivity (Wildman–Crippen MR) is 111 cm³/mol. The predicted octanol–water partition coefficient (Wildman–Crippen LogP) is 5.29. The Labute approximate surface area is 158 Å². The lowest BCUT2D eigenvalue weighted by molar-refractivity contribution is -0.116. The molecule has 1 amide bonds. The summed E-state index contributed by atoms with van der Waals surface area (Å²) < 4.78 is 0. The van der Waals surface area contributed by atoms with Gasteiger partial charge in [0, 0.05) is 12.1 Å². The lowest BCUT2D eigenvalue weighted by Crippen LogP contribution is -2.29. The molecule has 0 spiro atoms. The number of piperidine rings is 1. The van der Waals surface area contributed by atoms with Crippen LogP contribution < -0.4 is 5.32 Å². The fourth-order valence-corrected chi connectivity index (χ4v) is 3.27. The van der Waals surface area contributed by atoms with E-state index in [-0.39, 0.29) is 5.91 Å². The first kappa shape index (κ1) is 20.2. The van der Waals surface area contributed by atoms with Gasteiger partial charge in [-0.25, -0.2) is 0 Å². The van der Waals surface area contributed by atoms with Crippen molar-refractivity contribution < 1.29 is 4.79 Å². The van der Waals surface area contributed by atoms with Crippen molar-refractivity contribution in [3.8, 4) is 0 Å². The van der Waals surface area contributed by atoms with Gasteiger partial charge in [-0.05, 0) is 75.0 Å². The van der Waals surface area contributed by atoms with Gasteiger partial charge in [-0.15, -0.1) is 0 Å². The fourth-order valence-electron chi connectivity index (χ4n) is 3.27. The minimum atomic E-state index is 0.0535. The molecular formula is C23H32N2O. The molecule has 1 aliphatic heterocycles. The second-order valence-electron chi connectivity index (χ2n) is 7.03. The van der Waals surface area contributed by atoms with Gasteiger partial charge >= 0.3 is 0 Å². The van der Waals surface area contributed by atoms with Gasteiger partial charge in [0.15, 0.2) is 0 Å². The molecule has 0 aromatic heterocycles. The van der Waals surface area contributed by atoms with Crippen LogP contribution in [0.3, 0.4) is 0 Å². The normalized spacial score (nSPS) is 16.8. The van der Waals surface area contributed by atoms with Gasteiger partial charge < -0.3 is 10.2 Å². The third-order valence-corrected chi connectivity index (χ3v) is 4.95. The van der Waals surface area contributed by atoms with E-state index in [1.165, 1.54) is 18.4 Å². The summed E-state index contributed by atoms with van der Waals surface area (Å²) in [5.74, 6) is 0.654. The van der Waals surface area contributed by atoms with Crippen LogP contribution in [-0.4, -0.2) is 30.9 Å². The maximum absolute atomic E-state index is 12.3. The van der Waals surface area contributed by atoms with Crippen molar-refractivity contribution in [2.24, 2.45) is 0 Å². The molecule has 1 N–H and O–H groups in total. The molecule has 1 heterocycles. The average molecular weight is 353 g/mol. The molecule has 0 unspecified atom stereocenters. The zero-order chi connectivity index (χ0) is 18.8. The smallest absolute Gasteiger partial charge is 0.224 e. The van der Waals surface area contributed by atoms with E-state index in [1.807, 2.05) is 30.4 Å². The van der Waals surface area contributed by atoms with E-state index in [0.717, 1.165) is 30.8 Å². The molecule has 0 atom stereocenters. The van der Waals surface area contributed by atoms with Gasteiger partial charge in [-0.1, -0.05) is 49.9 Å². The molecule has 1 fully saturated rings. The summed E-state index contributed by atoms with van der Waals surface area (Å²) in [4.78, 5) is 14.7. The molecule has 1 aliphatic rings. The molecule has 0 saturated carbocycles. The molecule has 1 aromatic rings. The van der Waals surface area contributed by atoms with Crippen molar-refractivity contribution in [3.05, 3.63) is 66.3 Å². The SMILES string of the molecule is C=C/C(=C\C=C/CC)CCC(=O)Nc1cccc(C2CCN(C)CC2)c1. The van der Waals surface area contributed by atoms with Crippen molar-refractivity contribution in [2.45, 2.75) is 44.9 Å². The number of nitrogens with zero attached hydrogens (tertiary/aromatic N) is 1. The fraction of sp³-hybridized carbons (Fsp3) is 0.435. The number of carbonyl (C=O) groups is 1. The molecule has 1 saturated heterocycles. The topological polar surface area (TPSA) is 32.3 Å². The Morgan fingerprint density at radius 2 is 2.08 bits per heavy atom. The number of amides is 1. The summed E-state index contributed by atoms with van der Waals surface area (Å²) in [6.45, 7) is 8.22. The van der Waals surface area contributed by atoms with Crippen LogP contribution in [0.5, 0.6) is 0 Å². The van der Waals surface area contributed by atoms with Crippen molar-refractivity contribution in [1.82, 2.24) is 4.90 Å². The summed E-state index contributed by atoms with van der Waals surface area (Å²) in [5, 5.41) is 3.05. The maximum Gasteiger partial charge on any atom is 0.224 e. The van der Waals surface area contributed by atoms with Crippen molar-refractivity contribution in [3.63, 3.8) is 0 Å². The minimum absolute atomic E-state index is 0.0535. The molecule has 140 valence electrons. The Hall–Kier alpha value is -2.13. The van der Waals surface area contributed by atoms with E-state index >= 15 is 0 Å². The molecule has 26 heavy (non-hydrogen) atoms. The van der Waals surface area contributed by atoms with Crippen molar-refractivity contribution in [1.29, 1.82) is 0 Å². The number of hydrogen-bond donors (Lipinski definition) is 1. The third kappa shape index (κ3) is 6.64. The second kappa shape index (κ2) is 10.8. The van der Waals surface area contributed by atoms with Gasteiger partial charge in [0.05, 0.1) is 0 Å². The standard InChI is InChI=1S/C23H32N2O/c1-4-6-7-9-19(5-2)12-13-23(26)24-22-11-8-10-21(18-22)20-14-16-25(3)17-15-20/h5-11,18,20H,2,4,12-17H2,1,3H3,(H,24,26)/b7-6-,19-9+. The first-order valence-electron chi connectivity index (χ1n) is 9.69. The molecular weight excluding hydrogens is 320 g/mol. The zero-order valence-corrected chi connectivity index (χ0v) is 16.2. The summed E-state index contributed by atoms with van der Waals surface area (Å²) in [6, 6.07) is 8.35. The van der Waals surface area contributed by atoms with Crippen LogP contribution in [0.2, 0.25) is 0 Å². The number of carbonyl (C=O) groups excluding carboxylic acids is 1. The number of hydrogen-bond acceptors (Lipinski definition) is 2. The monoisotopic (exact) mass is 352 g/mol. The van der Waals surface area contributed by atoms with E-state index in [4.69, 9.17) is 0 Å². The molecule has 0 bridgehead atoms. The lowest BCUT2D eigenvalue weighted by Gasteiger charge is -2.29. The second-order valence-corrected chi connectivity index (χ2v) is 7.03. The maximum atomic E-state index is 12.3. The number of likely N-dealkylation sites (tertiary alicyclic amines) is 1. The Morgan fingerprint density at radius 3 is 2.77 bits per heavy atom. The van der Waals surface area contributed by atoms with Gasteiger partial charge in [-0.2, -0.15) is 0 Å². The lowest BCUT2D eigenvalue weighted by atomic mass is 9.89. The summed E-state index contributed by atoms with van der Waals surface area (Å²) in [7, 11) is 2.18. The molecule has 2 rings (SSSR count). The van der Waals surface area contributed by atoms with E-state index in [0.29, 0.717) is 18.8 Å². The van der Waals surface area contributed by atoms with Crippen LogP contribution in [0, 0.1) is 0 Å². The quantitative estimate of drug-likeness (QED) is 0.644. The Balaban J connectivity index is 1.88. The van der Waals surface area contributed by atoms with E-state index in [9.17, 15) is 4.79 Å². The van der Waals surface area contributed by atoms with E-state index in [1.54, 1.807) is 0 Å². The highest BCUT2D eigenvalue weighted by molar-refractivity contribution is 5.90. The molecule has 1 aromatic carbocycles. The highest BCUT2D eigenvalue weighted by Gasteiger charge is 2.18.